The predicted octanol–water partition coefficient (Wildman–Crippen LogP) is 1.06. The summed E-state index contributed by atoms with van der Waals surface area (Å²) in [5.74, 6) is 1.32. The number of aromatic nitrogens is 1. The number of nitrogens with one attached hydrogen (secondary N) is 2. The standard InChI is InChI=1S/C13H19N5O/c1-15-13(18-10-14)17-8-4-3-6-11-12(19-2)7-5-9-16-11/h5,7,9H,3-4,6,8H2,1-2H3,(H2,15,17,18). The van der Waals surface area contributed by atoms with Crippen molar-refractivity contribution in [3.8, 4) is 11.9 Å². The van der Waals surface area contributed by atoms with Crippen molar-refractivity contribution in [3.05, 3.63) is 24.0 Å². The van der Waals surface area contributed by atoms with Gasteiger partial charge in [0.1, 0.15) is 5.75 Å². The third kappa shape index (κ3) is 5.25. The van der Waals surface area contributed by atoms with Crippen molar-refractivity contribution < 1.29 is 4.74 Å². The van der Waals surface area contributed by atoms with Crippen molar-refractivity contribution in [1.29, 1.82) is 5.26 Å². The smallest absolute Gasteiger partial charge is 0.204 e. The average molecular weight is 261 g/mol. The number of hydrogen-bond acceptors (Lipinski definition) is 4. The Balaban J connectivity index is 2.33. The van der Waals surface area contributed by atoms with Gasteiger partial charge >= 0.3 is 0 Å². The van der Waals surface area contributed by atoms with Crippen LogP contribution in [0.15, 0.2) is 23.3 Å². The van der Waals surface area contributed by atoms with E-state index in [1.54, 1.807) is 20.4 Å². The van der Waals surface area contributed by atoms with Crippen molar-refractivity contribution in [2.45, 2.75) is 19.3 Å². The number of unbranched alkanes of at least 4 members (excludes halogenated alkanes) is 1. The number of ether oxygens (including phenoxy) is 1. The zero-order valence-corrected chi connectivity index (χ0v) is 11.3. The van der Waals surface area contributed by atoms with Crippen LogP contribution in [-0.4, -0.2) is 31.6 Å². The minimum atomic E-state index is 0.498. The topological polar surface area (TPSA) is 82.3 Å². The number of rotatable bonds is 6. The predicted molar refractivity (Wildman–Crippen MR) is 73.8 cm³/mol. The maximum atomic E-state index is 8.47. The molecule has 6 nitrogen and oxygen atoms in total. The second-order valence-corrected chi connectivity index (χ2v) is 3.83. The van der Waals surface area contributed by atoms with Crippen LogP contribution in [0.5, 0.6) is 5.75 Å². The van der Waals surface area contributed by atoms with E-state index in [4.69, 9.17) is 10.00 Å². The van der Waals surface area contributed by atoms with Gasteiger partial charge in [0.25, 0.3) is 0 Å². The Hall–Kier alpha value is -2.29. The lowest BCUT2D eigenvalue weighted by atomic mass is 10.1. The molecule has 0 atom stereocenters. The molecule has 0 spiro atoms. The molecule has 19 heavy (non-hydrogen) atoms. The second-order valence-electron chi connectivity index (χ2n) is 3.83. The van der Waals surface area contributed by atoms with Crippen LogP contribution in [0, 0.1) is 11.5 Å². The first-order valence-corrected chi connectivity index (χ1v) is 6.17. The summed E-state index contributed by atoms with van der Waals surface area (Å²) >= 11 is 0. The molecular formula is C13H19N5O. The van der Waals surface area contributed by atoms with Gasteiger partial charge in [-0.1, -0.05) is 0 Å². The fourth-order valence-electron chi connectivity index (χ4n) is 1.63. The van der Waals surface area contributed by atoms with Gasteiger partial charge in [0.2, 0.25) is 5.96 Å². The molecule has 0 aromatic carbocycles. The van der Waals surface area contributed by atoms with Gasteiger partial charge in [-0.2, -0.15) is 5.26 Å². The first-order chi connectivity index (χ1) is 9.31. The van der Waals surface area contributed by atoms with E-state index in [0.717, 1.165) is 30.7 Å². The van der Waals surface area contributed by atoms with Crippen molar-refractivity contribution in [3.63, 3.8) is 0 Å². The van der Waals surface area contributed by atoms with Crippen molar-refractivity contribution in [2.75, 3.05) is 20.7 Å². The molecule has 0 saturated carbocycles. The van der Waals surface area contributed by atoms with Crippen LogP contribution in [0.1, 0.15) is 18.5 Å². The van der Waals surface area contributed by atoms with Gasteiger partial charge in [-0.3, -0.25) is 15.3 Å². The van der Waals surface area contributed by atoms with E-state index in [9.17, 15) is 0 Å². The molecule has 1 rings (SSSR count). The number of methoxy groups -OCH3 is 1. The van der Waals surface area contributed by atoms with Crippen molar-refractivity contribution in [1.82, 2.24) is 15.6 Å². The zero-order valence-electron chi connectivity index (χ0n) is 11.3. The van der Waals surface area contributed by atoms with Gasteiger partial charge in [0.05, 0.1) is 12.8 Å². The fraction of sp³-hybridized carbons (Fsp3) is 0.462. The average Bonchev–Trinajstić information content (AvgIpc) is 2.46. The summed E-state index contributed by atoms with van der Waals surface area (Å²) in [6, 6.07) is 3.77. The number of aliphatic imine (C=N–C) groups is 1. The molecular weight excluding hydrogens is 242 g/mol. The van der Waals surface area contributed by atoms with E-state index in [2.05, 4.69) is 20.6 Å². The Kier molecular flexibility index (Phi) is 6.80. The molecule has 0 bridgehead atoms. The third-order valence-corrected chi connectivity index (χ3v) is 2.57. The normalized spacial score (nSPS) is 10.7. The van der Waals surface area contributed by atoms with Crippen molar-refractivity contribution in [2.24, 2.45) is 4.99 Å². The van der Waals surface area contributed by atoms with Crippen LogP contribution >= 0.6 is 0 Å². The number of pyridine rings is 1. The monoisotopic (exact) mass is 261 g/mol. The third-order valence-electron chi connectivity index (χ3n) is 2.57. The lowest BCUT2D eigenvalue weighted by Gasteiger charge is -2.06. The largest absolute Gasteiger partial charge is 0.495 e. The molecule has 0 aliphatic rings. The first-order valence-electron chi connectivity index (χ1n) is 6.17. The minimum absolute atomic E-state index is 0.498. The Labute approximate surface area is 113 Å². The molecule has 1 heterocycles. The van der Waals surface area contributed by atoms with Crippen molar-refractivity contribution >= 4 is 5.96 Å². The molecule has 1 aromatic rings. The Morgan fingerprint density at radius 3 is 3.05 bits per heavy atom. The first kappa shape index (κ1) is 14.8. The van der Waals surface area contributed by atoms with Gasteiger partial charge in [-0.15, -0.1) is 0 Å². The highest BCUT2D eigenvalue weighted by Crippen LogP contribution is 2.16. The Morgan fingerprint density at radius 2 is 2.37 bits per heavy atom. The lowest BCUT2D eigenvalue weighted by Crippen LogP contribution is -2.31. The molecule has 0 unspecified atom stereocenters. The summed E-state index contributed by atoms with van der Waals surface area (Å²) in [5, 5.41) is 13.8. The van der Waals surface area contributed by atoms with Crippen LogP contribution in [0.3, 0.4) is 0 Å². The summed E-state index contributed by atoms with van der Waals surface area (Å²) in [6.45, 7) is 0.667. The SMILES string of the molecule is CN/C(=N/CCCCc1ncccc1OC)NC#N. The second kappa shape index (κ2) is 8.75. The maximum absolute atomic E-state index is 8.47. The summed E-state index contributed by atoms with van der Waals surface area (Å²) < 4.78 is 5.24. The van der Waals surface area contributed by atoms with E-state index in [1.165, 1.54) is 0 Å². The van der Waals surface area contributed by atoms with E-state index < -0.39 is 0 Å². The van der Waals surface area contributed by atoms with Gasteiger partial charge in [0, 0.05) is 19.8 Å². The van der Waals surface area contributed by atoms with E-state index in [-0.39, 0.29) is 0 Å². The number of hydrogen-bond donors (Lipinski definition) is 2. The van der Waals surface area contributed by atoms with Crippen LogP contribution in [-0.2, 0) is 6.42 Å². The molecule has 0 radical (unpaired) electrons. The molecule has 0 amide bonds. The van der Waals surface area contributed by atoms with E-state index in [1.807, 2.05) is 18.3 Å². The van der Waals surface area contributed by atoms with E-state index >= 15 is 0 Å². The highest BCUT2D eigenvalue weighted by Gasteiger charge is 2.02. The number of nitrogens with zero attached hydrogens (tertiary/aromatic N) is 3. The van der Waals surface area contributed by atoms with Gasteiger partial charge < -0.3 is 10.1 Å². The highest BCUT2D eigenvalue weighted by molar-refractivity contribution is 5.80. The zero-order chi connectivity index (χ0) is 13.9. The molecule has 6 heteroatoms. The number of guanidine groups is 1. The molecule has 0 fully saturated rings. The molecule has 1 aromatic heterocycles. The van der Waals surface area contributed by atoms with Crippen LogP contribution in [0.25, 0.3) is 0 Å². The van der Waals surface area contributed by atoms with E-state index in [0.29, 0.717) is 12.5 Å². The fourth-order valence-corrected chi connectivity index (χ4v) is 1.63. The van der Waals surface area contributed by atoms with Crippen LogP contribution in [0.2, 0.25) is 0 Å². The van der Waals surface area contributed by atoms with Crippen LogP contribution in [0.4, 0.5) is 0 Å². The van der Waals surface area contributed by atoms with Crippen LogP contribution < -0.4 is 15.4 Å². The number of nitriles is 1. The summed E-state index contributed by atoms with van der Waals surface area (Å²) in [7, 11) is 3.37. The Bertz CT molecular complexity index is 453. The molecule has 2 N–H and O–H groups in total. The van der Waals surface area contributed by atoms with Gasteiger partial charge in [-0.05, 0) is 31.4 Å². The molecule has 102 valence electrons. The molecule has 0 aliphatic heterocycles. The van der Waals surface area contributed by atoms with Gasteiger partial charge in [0.15, 0.2) is 6.19 Å². The lowest BCUT2D eigenvalue weighted by molar-refractivity contribution is 0.406. The highest BCUT2D eigenvalue weighted by atomic mass is 16.5. The Morgan fingerprint density at radius 1 is 1.53 bits per heavy atom. The van der Waals surface area contributed by atoms with Gasteiger partial charge in [-0.25, -0.2) is 0 Å². The quantitative estimate of drug-likeness (QED) is 0.263. The number of aryl methyl sites for hydroxylation is 1. The summed E-state index contributed by atoms with van der Waals surface area (Å²) in [4.78, 5) is 8.53. The molecule has 0 aliphatic carbocycles. The summed E-state index contributed by atoms with van der Waals surface area (Å²) in [5.41, 5.74) is 0.970. The summed E-state index contributed by atoms with van der Waals surface area (Å²) in [6.07, 6.45) is 6.36. The maximum Gasteiger partial charge on any atom is 0.204 e. The minimum Gasteiger partial charge on any atom is -0.495 e. The molecule has 0 saturated heterocycles.